The van der Waals surface area contributed by atoms with Gasteiger partial charge in [0, 0.05) is 24.5 Å². The van der Waals surface area contributed by atoms with Crippen LogP contribution in [0.3, 0.4) is 0 Å². The second-order valence-corrected chi connectivity index (χ2v) is 8.57. The third-order valence-electron chi connectivity index (χ3n) is 6.27. The molecule has 1 amide bonds. The number of aryl methyl sites for hydroxylation is 2. The molecule has 1 aromatic heterocycles. The summed E-state index contributed by atoms with van der Waals surface area (Å²) in [4.78, 5) is 32.3. The fourth-order valence-electron chi connectivity index (χ4n) is 4.47. The molecule has 0 spiro atoms. The molecule has 1 aliphatic heterocycles. The number of methoxy groups -OCH3 is 3. The van der Waals surface area contributed by atoms with Crippen LogP contribution in [-0.4, -0.2) is 48.0 Å². The maximum atomic E-state index is 13.4. The Morgan fingerprint density at radius 3 is 2.28 bits per heavy atom. The van der Waals surface area contributed by atoms with E-state index in [1.54, 1.807) is 36.7 Å². The van der Waals surface area contributed by atoms with Crippen LogP contribution in [0.15, 0.2) is 60.4 Å². The molecule has 1 aliphatic rings. The van der Waals surface area contributed by atoms with Crippen molar-refractivity contribution in [3.63, 3.8) is 0 Å². The van der Waals surface area contributed by atoms with Crippen LogP contribution < -0.4 is 14.2 Å². The lowest BCUT2D eigenvalue weighted by atomic mass is 9.92. The van der Waals surface area contributed by atoms with Gasteiger partial charge >= 0.3 is 0 Å². The lowest BCUT2D eigenvalue weighted by Gasteiger charge is -2.26. The number of carbonyl (C=O) groups is 2. The molecule has 8 nitrogen and oxygen atoms in total. The average Bonchev–Trinajstić information content (AvgIpc) is 3.14. The summed E-state index contributed by atoms with van der Waals surface area (Å²) in [7, 11) is 4.47. The first-order valence-electron chi connectivity index (χ1n) is 11.4. The second-order valence-electron chi connectivity index (χ2n) is 8.57. The number of nitrogens with zero attached hydrogens (tertiary/aromatic N) is 2. The number of likely N-dealkylation sites (tertiary alicyclic amines) is 1. The van der Waals surface area contributed by atoms with Gasteiger partial charge in [0.15, 0.2) is 11.5 Å². The normalized spacial score (nSPS) is 16.8. The van der Waals surface area contributed by atoms with Gasteiger partial charge in [-0.3, -0.25) is 14.6 Å². The zero-order valence-electron chi connectivity index (χ0n) is 20.9. The molecular weight excluding hydrogens is 460 g/mol. The van der Waals surface area contributed by atoms with Crippen LogP contribution in [0.5, 0.6) is 17.2 Å². The van der Waals surface area contributed by atoms with Gasteiger partial charge in [0.05, 0.1) is 32.9 Å². The number of hydrogen-bond acceptors (Lipinski definition) is 7. The Morgan fingerprint density at radius 1 is 1.00 bits per heavy atom. The van der Waals surface area contributed by atoms with E-state index in [1.807, 2.05) is 32.0 Å². The Balaban J connectivity index is 1.98. The predicted octanol–water partition coefficient (Wildman–Crippen LogP) is 4.35. The standard InChI is InChI=1S/C28H28N2O6/c1-16-8-9-17(2)20(11-16)25(31)23-24(19-12-21(34-3)27(36-5)22(13-19)35-4)30(28(33)26(23)32)15-18-7-6-10-29-14-18/h6-14,24,31H,15H2,1-5H3/b25-23+. The number of aliphatic hydroxyl groups excluding tert-OH is 1. The van der Waals surface area contributed by atoms with E-state index in [0.717, 1.165) is 16.7 Å². The highest BCUT2D eigenvalue weighted by molar-refractivity contribution is 6.46. The minimum atomic E-state index is -0.904. The number of aliphatic hydroxyl groups is 1. The molecule has 1 saturated heterocycles. The maximum absolute atomic E-state index is 13.4. The Hall–Kier alpha value is -4.33. The van der Waals surface area contributed by atoms with Crippen LogP contribution in [0.4, 0.5) is 0 Å². The molecule has 1 unspecified atom stereocenters. The summed E-state index contributed by atoms with van der Waals surface area (Å²) in [5.74, 6) is -0.610. The van der Waals surface area contributed by atoms with E-state index in [1.165, 1.54) is 26.2 Å². The monoisotopic (exact) mass is 488 g/mol. The van der Waals surface area contributed by atoms with E-state index < -0.39 is 17.7 Å². The largest absolute Gasteiger partial charge is 0.507 e. The first kappa shape index (κ1) is 24.8. The summed E-state index contributed by atoms with van der Waals surface area (Å²) in [6, 6.07) is 11.6. The molecule has 0 bridgehead atoms. The maximum Gasteiger partial charge on any atom is 0.295 e. The molecule has 4 rings (SSSR count). The van der Waals surface area contributed by atoms with E-state index in [0.29, 0.717) is 28.4 Å². The number of carbonyl (C=O) groups excluding carboxylic acids is 2. The molecule has 2 heterocycles. The van der Waals surface area contributed by atoms with Crippen LogP contribution >= 0.6 is 0 Å². The van der Waals surface area contributed by atoms with Gasteiger partial charge in [-0.25, -0.2) is 0 Å². The van der Waals surface area contributed by atoms with Crippen molar-refractivity contribution in [1.29, 1.82) is 0 Å². The van der Waals surface area contributed by atoms with E-state index in [4.69, 9.17) is 14.2 Å². The Labute approximate surface area is 209 Å². The summed E-state index contributed by atoms with van der Waals surface area (Å²) in [5.41, 5.74) is 3.44. The van der Waals surface area contributed by atoms with Crippen molar-refractivity contribution >= 4 is 17.4 Å². The Morgan fingerprint density at radius 2 is 1.69 bits per heavy atom. The third kappa shape index (κ3) is 4.37. The first-order chi connectivity index (χ1) is 17.3. The third-order valence-corrected chi connectivity index (χ3v) is 6.27. The Kier molecular flexibility index (Phi) is 6.96. The van der Waals surface area contributed by atoms with Gasteiger partial charge in [0.1, 0.15) is 5.76 Å². The molecular formula is C28H28N2O6. The van der Waals surface area contributed by atoms with E-state index in [-0.39, 0.29) is 17.9 Å². The van der Waals surface area contributed by atoms with Gasteiger partial charge in [0.25, 0.3) is 11.7 Å². The van der Waals surface area contributed by atoms with E-state index in [9.17, 15) is 14.7 Å². The van der Waals surface area contributed by atoms with Crippen molar-refractivity contribution in [2.24, 2.45) is 0 Å². The van der Waals surface area contributed by atoms with E-state index in [2.05, 4.69) is 4.98 Å². The highest BCUT2D eigenvalue weighted by Crippen LogP contribution is 2.46. The molecule has 0 radical (unpaired) electrons. The zero-order chi connectivity index (χ0) is 26.0. The molecule has 8 heteroatoms. The molecule has 1 atom stereocenters. The van der Waals surface area contributed by atoms with E-state index >= 15 is 0 Å². The van der Waals surface area contributed by atoms with Gasteiger partial charge < -0.3 is 24.2 Å². The van der Waals surface area contributed by atoms with Crippen molar-refractivity contribution < 1.29 is 28.9 Å². The second kappa shape index (κ2) is 10.1. The molecule has 1 N–H and O–H groups in total. The van der Waals surface area contributed by atoms with Crippen molar-refractivity contribution in [2.45, 2.75) is 26.4 Å². The van der Waals surface area contributed by atoms with Gasteiger partial charge in [-0.2, -0.15) is 0 Å². The summed E-state index contributed by atoms with van der Waals surface area (Å²) in [5, 5.41) is 11.5. The van der Waals surface area contributed by atoms with Crippen LogP contribution in [0.2, 0.25) is 0 Å². The van der Waals surface area contributed by atoms with Gasteiger partial charge in [0.2, 0.25) is 5.75 Å². The average molecular weight is 489 g/mol. The van der Waals surface area contributed by atoms with Crippen molar-refractivity contribution in [1.82, 2.24) is 9.88 Å². The van der Waals surface area contributed by atoms with Crippen LogP contribution in [0.1, 0.15) is 33.9 Å². The summed E-state index contributed by atoms with van der Waals surface area (Å²) < 4.78 is 16.5. The summed E-state index contributed by atoms with van der Waals surface area (Å²) in [6.07, 6.45) is 3.27. The number of ether oxygens (including phenoxy) is 3. The van der Waals surface area contributed by atoms with Crippen molar-refractivity contribution in [2.75, 3.05) is 21.3 Å². The number of rotatable bonds is 7. The topological polar surface area (TPSA) is 98.2 Å². The first-order valence-corrected chi connectivity index (χ1v) is 11.4. The number of hydrogen-bond donors (Lipinski definition) is 1. The van der Waals surface area contributed by atoms with Crippen molar-refractivity contribution in [3.05, 3.63) is 88.2 Å². The highest BCUT2D eigenvalue weighted by atomic mass is 16.5. The van der Waals surface area contributed by atoms with Crippen molar-refractivity contribution in [3.8, 4) is 17.2 Å². The van der Waals surface area contributed by atoms with Gasteiger partial charge in [-0.05, 0) is 54.8 Å². The lowest BCUT2D eigenvalue weighted by Crippen LogP contribution is -2.29. The minimum Gasteiger partial charge on any atom is -0.507 e. The number of benzene rings is 2. The SMILES string of the molecule is COc1cc(C2/C(=C(\O)c3cc(C)ccc3C)C(=O)C(=O)N2Cc2cccnc2)cc(OC)c1OC. The van der Waals surface area contributed by atoms with Crippen LogP contribution in [0, 0.1) is 13.8 Å². The zero-order valence-corrected chi connectivity index (χ0v) is 20.9. The molecule has 0 saturated carbocycles. The fraction of sp³-hybridized carbons (Fsp3) is 0.250. The van der Waals surface area contributed by atoms with Gasteiger partial charge in [-0.1, -0.05) is 23.8 Å². The highest BCUT2D eigenvalue weighted by Gasteiger charge is 2.46. The molecule has 36 heavy (non-hydrogen) atoms. The number of amides is 1. The molecule has 186 valence electrons. The Bertz CT molecular complexity index is 1320. The number of Topliss-reactive ketones (excluding diaryl/α,β-unsaturated/α-hetero) is 1. The molecule has 3 aromatic rings. The molecule has 2 aromatic carbocycles. The van der Waals surface area contributed by atoms with Crippen LogP contribution in [-0.2, 0) is 16.1 Å². The number of aromatic nitrogens is 1. The quantitative estimate of drug-likeness (QED) is 0.300. The van der Waals surface area contributed by atoms with Gasteiger partial charge in [-0.15, -0.1) is 0 Å². The number of pyridine rings is 1. The molecule has 0 aliphatic carbocycles. The summed E-state index contributed by atoms with van der Waals surface area (Å²) in [6.45, 7) is 3.85. The summed E-state index contributed by atoms with van der Waals surface area (Å²) >= 11 is 0. The molecule has 1 fully saturated rings. The predicted molar refractivity (Wildman–Crippen MR) is 134 cm³/mol. The smallest absolute Gasteiger partial charge is 0.295 e. The van der Waals surface area contributed by atoms with Crippen LogP contribution in [0.25, 0.3) is 5.76 Å². The fourth-order valence-corrected chi connectivity index (χ4v) is 4.47. The lowest BCUT2D eigenvalue weighted by molar-refractivity contribution is -0.140. The number of ketones is 1. The minimum absolute atomic E-state index is 0.00753.